The lowest BCUT2D eigenvalue weighted by Crippen LogP contribution is -2.03. The molecule has 0 aliphatic rings. The fourth-order valence-electron chi connectivity index (χ4n) is 1.59. The van der Waals surface area contributed by atoms with Gasteiger partial charge in [0.1, 0.15) is 26.5 Å². The van der Waals surface area contributed by atoms with E-state index in [0.717, 1.165) is 0 Å². The zero-order chi connectivity index (χ0) is 13.9. The van der Waals surface area contributed by atoms with E-state index in [-0.39, 0.29) is 0 Å². The quantitative estimate of drug-likeness (QED) is 0.874. The van der Waals surface area contributed by atoms with E-state index in [2.05, 4.69) is 3.77 Å². The molecule has 3 nitrogen and oxygen atoms in total. The first-order chi connectivity index (χ1) is 9.02. The molecule has 0 radical (unpaired) electrons. The number of hydrogen-bond donors (Lipinski definition) is 0. The Balaban J connectivity index is 2.70. The summed E-state index contributed by atoms with van der Waals surface area (Å²) in [5, 5.41) is 0. The minimum Gasteiger partial charge on any atom is -0.239 e. The van der Waals surface area contributed by atoms with Gasteiger partial charge in [-0.1, -0.05) is 18.2 Å². The highest BCUT2D eigenvalue weighted by Gasteiger charge is 2.16. The number of rotatable bonds is 3. The highest BCUT2D eigenvalue weighted by atomic mass is 32.3. The Bertz CT molecular complexity index is 705. The first-order valence-electron chi connectivity index (χ1n) is 5.44. The van der Waals surface area contributed by atoms with Gasteiger partial charge in [-0.05, 0) is 36.4 Å². The van der Waals surface area contributed by atoms with Gasteiger partial charge in [0.15, 0.2) is 0 Å². The Morgan fingerprint density at radius 3 is 2.05 bits per heavy atom. The van der Waals surface area contributed by atoms with Gasteiger partial charge >= 0.3 is 0 Å². The third-order valence-corrected chi connectivity index (χ3v) is 5.91. The summed E-state index contributed by atoms with van der Waals surface area (Å²) in [5.41, 5.74) is 0. The van der Waals surface area contributed by atoms with Gasteiger partial charge in [0.05, 0.1) is 9.79 Å². The van der Waals surface area contributed by atoms with Crippen molar-refractivity contribution >= 4 is 20.7 Å². The zero-order valence-electron chi connectivity index (χ0n) is 10.2. The van der Waals surface area contributed by atoms with Crippen LogP contribution in [0.2, 0.25) is 0 Å². The molecular weight excluding hydrogens is 285 g/mol. The number of benzene rings is 2. The van der Waals surface area contributed by atoms with Gasteiger partial charge in [-0.25, -0.2) is 12.8 Å². The summed E-state index contributed by atoms with van der Waals surface area (Å²) in [4.78, 5) is 0.798. The second-order valence-corrected chi connectivity index (χ2v) is 7.23. The van der Waals surface area contributed by atoms with E-state index in [4.69, 9.17) is 0 Å². The van der Waals surface area contributed by atoms with Crippen molar-refractivity contribution in [2.24, 2.45) is 3.77 Å². The maximum absolute atomic E-state index is 13.0. The van der Waals surface area contributed by atoms with Crippen LogP contribution in [0.15, 0.2) is 68.2 Å². The van der Waals surface area contributed by atoms with Gasteiger partial charge in [-0.15, -0.1) is 3.77 Å². The van der Waals surface area contributed by atoms with Gasteiger partial charge in [0.2, 0.25) is 0 Å². The van der Waals surface area contributed by atoms with Crippen LogP contribution in [0.5, 0.6) is 0 Å². The number of nitrogens with zero attached hydrogens (tertiary/aromatic N) is 1. The van der Waals surface area contributed by atoms with Gasteiger partial charge in [-0.3, -0.25) is 0 Å². The van der Waals surface area contributed by atoms with Crippen molar-refractivity contribution < 1.29 is 12.8 Å². The maximum atomic E-state index is 13.0. The molecule has 0 aliphatic carbocycles. The summed E-state index contributed by atoms with van der Waals surface area (Å²) < 4.78 is 41.2. The summed E-state index contributed by atoms with van der Waals surface area (Å²) in [6, 6.07) is 13.8. The molecular formula is C13H12FNO2S2. The van der Waals surface area contributed by atoms with E-state index < -0.39 is 26.5 Å². The van der Waals surface area contributed by atoms with Crippen molar-refractivity contribution in [2.45, 2.75) is 9.79 Å². The fourth-order valence-corrected chi connectivity index (χ4v) is 4.77. The molecule has 0 N–H and O–H groups in total. The van der Waals surface area contributed by atoms with Crippen LogP contribution >= 0.6 is 0 Å². The van der Waals surface area contributed by atoms with Gasteiger partial charge in [0, 0.05) is 6.26 Å². The summed E-state index contributed by atoms with van der Waals surface area (Å²) in [6.45, 7) is 0. The molecule has 0 saturated heterocycles. The molecule has 6 heteroatoms. The predicted octanol–water partition coefficient (Wildman–Crippen LogP) is 3.01. The number of halogens is 1. The van der Waals surface area contributed by atoms with Crippen molar-refractivity contribution in [1.29, 1.82) is 0 Å². The topological polar surface area (TPSA) is 46.5 Å². The van der Waals surface area contributed by atoms with Gasteiger partial charge in [0.25, 0.3) is 0 Å². The molecule has 0 bridgehead atoms. The molecule has 0 saturated carbocycles. The Morgan fingerprint density at radius 2 is 1.53 bits per heavy atom. The lowest BCUT2D eigenvalue weighted by molar-refractivity contribution is 0.626. The maximum Gasteiger partial charge on any atom is 0.145 e. The molecule has 0 spiro atoms. The van der Waals surface area contributed by atoms with Crippen molar-refractivity contribution in [1.82, 2.24) is 0 Å². The van der Waals surface area contributed by atoms with Crippen LogP contribution in [-0.4, -0.2) is 14.7 Å². The van der Waals surface area contributed by atoms with Gasteiger partial charge in [-0.2, -0.15) is 0 Å². The summed E-state index contributed by atoms with van der Waals surface area (Å²) in [5.74, 6) is -0.420. The molecule has 2 aromatic carbocycles. The van der Waals surface area contributed by atoms with Crippen LogP contribution in [0, 0.1) is 5.82 Å². The smallest absolute Gasteiger partial charge is 0.145 e. The zero-order valence-corrected chi connectivity index (χ0v) is 11.8. The average Bonchev–Trinajstić information content (AvgIpc) is 2.39. The lowest BCUT2D eigenvalue weighted by atomic mass is 10.3. The molecule has 2 rings (SSSR count). The molecule has 2 unspecified atom stereocenters. The molecule has 100 valence electrons. The predicted molar refractivity (Wildman–Crippen MR) is 74.0 cm³/mol. The standard InChI is InChI=1S/C13H12FNO2S2/c1-18(16)15-19(17,12-5-3-2-4-6-12)13-9-7-11(14)8-10-13/h2-10H,1H3. The Hall–Kier alpha value is -1.53. The minimum absolute atomic E-state index is 0.343. The van der Waals surface area contributed by atoms with Crippen LogP contribution < -0.4 is 0 Å². The van der Waals surface area contributed by atoms with E-state index in [0.29, 0.717) is 9.79 Å². The van der Waals surface area contributed by atoms with Crippen LogP contribution in [0.1, 0.15) is 0 Å². The van der Waals surface area contributed by atoms with Crippen LogP contribution in [0.4, 0.5) is 4.39 Å². The summed E-state index contributed by atoms with van der Waals surface area (Å²) in [7, 11) is -4.59. The first kappa shape index (κ1) is 13.9. The highest BCUT2D eigenvalue weighted by molar-refractivity contribution is 8.00. The minimum atomic E-state index is -3.00. The second-order valence-electron chi connectivity index (χ2n) is 3.79. The van der Waals surface area contributed by atoms with E-state index >= 15 is 0 Å². The third kappa shape index (κ3) is 3.08. The Kier molecular flexibility index (Phi) is 4.11. The molecule has 2 atom stereocenters. The molecule has 0 fully saturated rings. The largest absolute Gasteiger partial charge is 0.239 e. The van der Waals surface area contributed by atoms with Gasteiger partial charge < -0.3 is 0 Å². The monoisotopic (exact) mass is 297 g/mol. The van der Waals surface area contributed by atoms with Crippen molar-refractivity contribution in [3.8, 4) is 0 Å². The highest BCUT2D eigenvalue weighted by Crippen LogP contribution is 2.24. The van der Waals surface area contributed by atoms with E-state index in [1.807, 2.05) is 0 Å². The first-order valence-corrected chi connectivity index (χ1v) is 8.47. The molecule has 0 heterocycles. The molecule has 0 amide bonds. The van der Waals surface area contributed by atoms with Crippen LogP contribution in [0.3, 0.4) is 0 Å². The van der Waals surface area contributed by atoms with Crippen molar-refractivity contribution in [3.63, 3.8) is 0 Å². The third-order valence-electron chi connectivity index (χ3n) is 2.41. The SMILES string of the molecule is CS(=O)N=S(=O)(c1ccccc1)c1ccc(F)cc1. The van der Waals surface area contributed by atoms with Crippen LogP contribution in [0.25, 0.3) is 0 Å². The normalized spacial score (nSPS) is 15.5. The average molecular weight is 297 g/mol. The number of hydrogen-bond acceptors (Lipinski definition) is 2. The van der Waals surface area contributed by atoms with E-state index in [1.54, 1.807) is 30.3 Å². The lowest BCUT2D eigenvalue weighted by Gasteiger charge is -2.09. The molecule has 2 aromatic rings. The van der Waals surface area contributed by atoms with E-state index in [1.165, 1.54) is 30.5 Å². The van der Waals surface area contributed by atoms with Crippen molar-refractivity contribution in [3.05, 3.63) is 60.4 Å². The van der Waals surface area contributed by atoms with Crippen LogP contribution in [-0.2, 0) is 20.7 Å². The molecule has 0 aliphatic heterocycles. The van der Waals surface area contributed by atoms with E-state index in [9.17, 15) is 12.8 Å². The summed E-state index contributed by atoms with van der Waals surface area (Å²) >= 11 is 0. The summed E-state index contributed by atoms with van der Waals surface area (Å²) in [6.07, 6.45) is 1.35. The Morgan fingerprint density at radius 1 is 1.00 bits per heavy atom. The van der Waals surface area contributed by atoms with Crippen molar-refractivity contribution in [2.75, 3.05) is 6.26 Å². The molecule has 19 heavy (non-hydrogen) atoms. The Labute approximate surface area is 114 Å². The fraction of sp³-hybridized carbons (Fsp3) is 0.0769. The second kappa shape index (κ2) is 5.63. The molecule has 0 aromatic heterocycles.